The van der Waals surface area contributed by atoms with E-state index in [1.807, 2.05) is 14.1 Å². The molecule has 0 radical (unpaired) electrons. The van der Waals surface area contributed by atoms with Crippen LogP contribution < -0.4 is 0 Å². The van der Waals surface area contributed by atoms with E-state index in [1.54, 1.807) is 12.2 Å². The minimum absolute atomic E-state index is 0.343. The van der Waals surface area contributed by atoms with Crippen molar-refractivity contribution in [3.05, 3.63) is 0 Å². The standard InChI is InChI=1S/C8H19NO2/c1-5-8(10-4)6-7-11-9(2)3/h8H,5-7H2,1-4H3. The average Bonchev–Trinajstić information content (AvgIpc) is 1.98. The number of nitrogens with zero attached hydrogens (tertiary/aromatic N) is 1. The van der Waals surface area contributed by atoms with Crippen molar-refractivity contribution < 1.29 is 9.57 Å². The van der Waals surface area contributed by atoms with Crippen LogP contribution in [0, 0.1) is 0 Å². The summed E-state index contributed by atoms with van der Waals surface area (Å²) in [6.45, 7) is 2.85. The van der Waals surface area contributed by atoms with Crippen molar-refractivity contribution >= 4 is 0 Å². The summed E-state index contributed by atoms with van der Waals surface area (Å²) in [5.41, 5.74) is 0. The second-order valence-electron chi connectivity index (χ2n) is 2.70. The predicted molar refractivity (Wildman–Crippen MR) is 45.3 cm³/mol. The van der Waals surface area contributed by atoms with Gasteiger partial charge in [0.25, 0.3) is 0 Å². The molecule has 0 spiro atoms. The maximum Gasteiger partial charge on any atom is 0.0709 e. The fourth-order valence-corrected chi connectivity index (χ4v) is 0.855. The van der Waals surface area contributed by atoms with Gasteiger partial charge in [-0.15, -0.1) is 0 Å². The van der Waals surface area contributed by atoms with E-state index in [1.165, 1.54) is 0 Å². The molecule has 0 saturated heterocycles. The van der Waals surface area contributed by atoms with E-state index in [2.05, 4.69) is 6.92 Å². The first kappa shape index (κ1) is 10.9. The lowest BCUT2D eigenvalue weighted by atomic mass is 10.2. The van der Waals surface area contributed by atoms with Crippen molar-refractivity contribution in [3.8, 4) is 0 Å². The minimum atomic E-state index is 0.343. The fourth-order valence-electron chi connectivity index (χ4n) is 0.855. The molecule has 0 N–H and O–H groups in total. The molecule has 0 aromatic carbocycles. The number of ether oxygens (including phenoxy) is 1. The molecule has 0 aromatic rings. The molecule has 0 fully saturated rings. The topological polar surface area (TPSA) is 21.7 Å². The molecule has 3 nitrogen and oxygen atoms in total. The van der Waals surface area contributed by atoms with Crippen molar-refractivity contribution in [1.82, 2.24) is 5.06 Å². The normalized spacial score (nSPS) is 13.9. The summed E-state index contributed by atoms with van der Waals surface area (Å²) in [7, 11) is 5.51. The van der Waals surface area contributed by atoms with Gasteiger partial charge >= 0.3 is 0 Å². The van der Waals surface area contributed by atoms with Crippen LogP contribution in [0.15, 0.2) is 0 Å². The fraction of sp³-hybridized carbons (Fsp3) is 1.00. The Morgan fingerprint density at radius 2 is 2.00 bits per heavy atom. The van der Waals surface area contributed by atoms with Crippen LogP contribution in [0.25, 0.3) is 0 Å². The summed E-state index contributed by atoms with van der Waals surface area (Å²) in [4.78, 5) is 5.23. The zero-order chi connectivity index (χ0) is 8.69. The van der Waals surface area contributed by atoms with Crippen LogP contribution in [-0.2, 0) is 9.57 Å². The SMILES string of the molecule is CCC(CCON(C)C)OC. The molecule has 0 saturated carbocycles. The highest BCUT2D eigenvalue weighted by atomic mass is 16.7. The molecule has 0 heterocycles. The first-order valence-corrected chi connectivity index (χ1v) is 4.03. The quantitative estimate of drug-likeness (QED) is 0.548. The summed E-state index contributed by atoms with van der Waals surface area (Å²) >= 11 is 0. The summed E-state index contributed by atoms with van der Waals surface area (Å²) < 4.78 is 5.18. The van der Waals surface area contributed by atoms with E-state index in [0.29, 0.717) is 6.10 Å². The van der Waals surface area contributed by atoms with E-state index in [9.17, 15) is 0 Å². The number of hydroxylamine groups is 2. The zero-order valence-corrected chi connectivity index (χ0v) is 7.96. The van der Waals surface area contributed by atoms with Crippen molar-refractivity contribution in [2.75, 3.05) is 27.8 Å². The van der Waals surface area contributed by atoms with Crippen LogP contribution in [0.2, 0.25) is 0 Å². The molecule has 1 atom stereocenters. The molecule has 0 aromatic heterocycles. The van der Waals surface area contributed by atoms with Crippen LogP contribution in [0.5, 0.6) is 0 Å². The summed E-state index contributed by atoms with van der Waals surface area (Å²) in [5.74, 6) is 0. The van der Waals surface area contributed by atoms with Crippen LogP contribution in [-0.4, -0.2) is 39.0 Å². The first-order valence-electron chi connectivity index (χ1n) is 4.03. The van der Waals surface area contributed by atoms with Gasteiger partial charge in [-0.2, -0.15) is 5.06 Å². The van der Waals surface area contributed by atoms with Crippen LogP contribution >= 0.6 is 0 Å². The average molecular weight is 161 g/mol. The molecule has 11 heavy (non-hydrogen) atoms. The van der Waals surface area contributed by atoms with Gasteiger partial charge in [0.1, 0.15) is 0 Å². The van der Waals surface area contributed by atoms with E-state index in [4.69, 9.17) is 9.57 Å². The zero-order valence-electron chi connectivity index (χ0n) is 7.96. The van der Waals surface area contributed by atoms with Gasteiger partial charge in [-0.3, -0.25) is 4.84 Å². The first-order chi connectivity index (χ1) is 5.20. The van der Waals surface area contributed by atoms with Crippen molar-refractivity contribution in [2.24, 2.45) is 0 Å². The molecule has 1 unspecified atom stereocenters. The van der Waals surface area contributed by atoms with Gasteiger partial charge in [0.05, 0.1) is 12.7 Å². The lowest BCUT2D eigenvalue weighted by Gasteiger charge is -2.14. The Labute approximate surface area is 69.2 Å². The van der Waals surface area contributed by atoms with E-state index in [-0.39, 0.29) is 0 Å². The molecule has 0 bridgehead atoms. The van der Waals surface area contributed by atoms with Gasteiger partial charge in [-0.1, -0.05) is 6.92 Å². The molecule has 0 aliphatic heterocycles. The third-order valence-electron chi connectivity index (χ3n) is 1.58. The highest BCUT2D eigenvalue weighted by molar-refractivity contribution is 4.52. The maximum absolute atomic E-state index is 5.23. The van der Waals surface area contributed by atoms with Crippen LogP contribution in [0.4, 0.5) is 0 Å². The largest absolute Gasteiger partial charge is 0.381 e. The predicted octanol–water partition coefficient (Wildman–Crippen LogP) is 1.29. The monoisotopic (exact) mass is 161 g/mol. The molecular formula is C8H19NO2. The Morgan fingerprint density at radius 3 is 2.36 bits per heavy atom. The number of methoxy groups -OCH3 is 1. The third kappa shape index (κ3) is 6.28. The van der Waals surface area contributed by atoms with Gasteiger partial charge in [-0.25, -0.2) is 0 Å². The van der Waals surface area contributed by atoms with Crippen LogP contribution in [0.1, 0.15) is 19.8 Å². The Balaban J connectivity index is 3.21. The summed E-state index contributed by atoms with van der Waals surface area (Å²) in [6, 6.07) is 0. The lowest BCUT2D eigenvalue weighted by Crippen LogP contribution is -2.18. The number of rotatable bonds is 6. The lowest BCUT2D eigenvalue weighted by molar-refractivity contribution is -0.127. The molecule has 0 rings (SSSR count). The van der Waals surface area contributed by atoms with E-state index < -0.39 is 0 Å². The molecule has 0 aliphatic rings. The van der Waals surface area contributed by atoms with E-state index in [0.717, 1.165) is 19.4 Å². The maximum atomic E-state index is 5.23. The van der Waals surface area contributed by atoms with Gasteiger partial charge < -0.3 is 4.74 Å². The highest BCUT2D eigenvalue weighted by Gasteiger charge is 2.03. The molecule has 0 aliphatic carbocycles. The minimum Gasteiger partial charge on any atom is -0.381 e. The van der Waals surface area contributed by atoms with Crippen LogP contribution in [0.3, 0.4) is 0 Å². The van der Waals surface area contributed by atoms with Gasteiger partial charge in [-0.05, 0) is 12.8 Å². The Kier molecular flexibility index (Phi) is 6.51. The van der Waals surface area contributed by atoms with Crippen molar-refractivity contribution in [2.45, 2.75) is 25.9 Å². The number of hydrogen-bond acceptors (Lipinski definition) is 3. The Hall–Kier alpha value is -0.120. The smallest absolute Gasteiger partial charge is 0.0709 e. The highest BCUT2D eigenvalue weighted by Crippen LogP contribution is 2.01. The molecule has 68 valence electrons. The second kappa shape index (κ2) is 6.58. The third-order valence-corrected chi connectivity index (χ3v) is 1.58. The number of hydrogen-bond donors (Lipinski definition) is 0. The molecule has 3 heteroatoms. The van der Waals surface area contributed by atoms with Crippen molar-refractivity contribution in [1.29, 1.82) is 0 Å². The second-order valence-corrected chi connectivity index (χ2v) is 2.70. The summed E-state index contributed by atoms with van der Waals surface area (Å²) in [5, 5.41) is 1.71. The Morgan fingerprint density at radius 1 is 1.36 bits per heavy atom. The molecule has 0 amide bonds. The van der Waals surface area contributed by atoms with Gasteiger partial charge in [0, 0.05) is 21.2 Å². The van der Waals surface area contributed by atoms with Gasteiger partial charge in [0.15, 0.2) is 0 Å². The van der Waals surface area contributed by atoms with E-state index >= 15 is 0 Å². The molecular weight excluding hydrogens is 142 g/mol. The van der Waals surface area contributed by atoms with Gasteiger partial charge in [0.2, 0.25) is 0 Å². The van der Waals surface area contributed by atoms with Crippen molar-refractivity contribution in [3.63, 3.8) is 0 Å². The Bertz CT molecular complexity index is 82.2. The summed E-state index contributed by atoms with van der Waals surface area (Å²) in [6.07, 6.45) is 2.35.